The first-order valence-corrected chi connectivity index (χ1v) is 4.69. The molecule has 7 heteroatoms. The van der Waals surface area contributed by atoms with E-state index in [2.05, 4.69) is 0 Å². The third kappa shape index (κ3) is 5.48. The van der Waals surface area contributed by atoms with Gasteiger partial charge in [0.15, 0.2) is 0 Å². The molecule has 0 atom stereocenters. The van der Waals surface area contributed by atoms with Gasteiger partial charge in [-0.05, 0) is 12.8 Å². The van der Waals surface area contributed by atoms with Crippen LogP contribution in [-0.2, 0) is 14.4 Å². The summed E-state index contributed by atoms with van der Waals surface area (Å²) in [5, 5.41) is 19.0. The van der Waals surface area contributed by atoms with Crippen molar-refractivity contribution in [3.63, 3.8) is 0 Å². The summed E-state index contributed by atoms with van der Waals surface area (Å²) in [7, 11) is 0. The molecule has 0 aliphatic heterocycles. The molecule has 0 saturated carbocycles. The number of carbonyl (C=O) groups excluding carboxylic acids is 1. The van der Waals surface area contributed by atoms with E-state index in [1.54, 1.807) is 13.8 Å². The Morgan fingerprint density at radius 3 is 1.69 bits per heavy atom. The molecular weight excluding hydrogens is 225 g/mol. The summed E-state index contributed by atoms with van der Waals surface area (Å²) in [5.41, 5.74) is 0. The maximum absolute atomic E-state index is 11.4. The van der Waals surface area contributed by atoms with Crippen molar-refractivity contribution < 1.29 is 24.6 Å². The van der Waals surface area contributed by atoms with Crippen LogP contribution in [0.25, 0.3) is 0 Å². The van der Waals surface area contributed by atoms with Gasteiger partial charge in [-0.1, -0.05) is 13.8 Å². The molecule has 0 radical (unpaired) electrons. The first-order chi connectivity index (χ1) is 6.93. The number of aliphatic carboxylic acids is 2. The Morgan fingerprint density at radius 2 is 1.44 bits per heavy atom. The number of carboxylic acids is 2. The molecule has 0 unspecified atom stereocenters. The molecule has 3 N–H and O–H groups in total. The van der Waals surface area contributed by atoms with Gasteiger partial charge in [-0.15, -0.1) is 0 Å². The second-order valence-electron chi connectivity index (χ2n) is 3.13. The molecule has 0 aromatic rings. The fourth-order valence-corrected chi connectivity index (χ4v) is 1.15. The van der Waals surface area contributed by atoms with E-state index in [1.807, 2.05) is 5.32 Å². The Balaban J connectivity index is 0. The van der Waals surface area contributed by atoms with Crippen molar-refractivity contribution in [1.29, 1.82) is 0 Å². The number of nitrogens with one attached hydrogen (secondary N) is 1. The van der Waals surface area contributed by atoms with E-state index in [0.29, 0.717) is 12.8 Å². The molecule has 0 heterocycles. The van der Waals surface area contributed by atoms with Crippen LogP contribution in [0.2, 0.25) is 0 Å². The summed E-state index contributed by atoms with van der Waals surface area (Å²) in [6.07, 6.45) is 1.10. The molecule has 0 saturated heterocycles. The second kappa shape index (κ2) is 8.55. The summed E-state index contributed by atoms with van der Waals surface area (Å²) in [4.78, 5) is 32.3. The number of carboxylic acid groups (broad SMARTS) is 2. The molecule has 0 spiro atoms. The number of hydrogen-bond donors (Lipinski definition) is 3. The average molecular weight is 241 g/mol. The van der Waals surface area contributed by atoms with E-state index in [4.69, 9.17) is 10.2 Å². The molecule has 0 aromatic carbocycles. The monoisotopic (exact) mass is 241 g/mol. The first-order valence-electron chi connectivity index (χ1n) is 4.69. The van der Waals surface area contributed by atoms with Gasteiger partial charge in [0, 0.05) is 5.92 Å². The van der Waals surface area contributed by atoms with Gasteiger partial charge in [0.1, 0.15) is 0 Å². The van der Waals surface area contributed by atoms with Crippen molar-refractivity contribution in [2.75, 3.05) is 0 Å². The predicted octanol–water partition coefficient (Wildman–Crippen LogP) is -0.572. The topological polar surface area (TPSA) is 104 Å². The zero-order valence-corrected chi connectivity index (χ0v) is 8.69. The maximum atomic E-state index is 11.4. The molecule has 0 aliphatic carbocycles. The van der Waals surface area contributed by atoms with E-state index in [-0.39, 0.29) is 35.5 Å². The van der Waals surface area contributed by atoms with Gasteiger partial charge in [0.25, 0.3) is 0 Å². The van der Waals surface area contributed by atoms with Gasteiger partial charge in [-0.3, -0.25) is 4.79 Å². The van der Waals surface area contributed by atoms with E-state index in [0.717, 1.165) is 0 Å². The van der Waals surface area contributed by atoms with Crippen molar-refractivity contribution in [3.05, 3.63) is 0 Å². The molecule has 0 aliphatic rings. The molecule has 0 bridgehead atoms. The van der Waals surface area contributed by atoms with Crippen molar-refractivity contribution >= 4 is 47.4 Å². The summed E-state index contributed by atoms with van der Waals surface area (Å²) in [6, 6.07) is -1.86. The van der Waals surface area contributed by atoms with Crippen LogP contribution in [0.1, 0.15) is 26.7 Å². The number of rotatable bonds is 6. The van der Waals surface area contributed by atoms with Crippen LogP contribution >= 0.6 is 0 Å². The van der Waals surface area contributed by atoms with Crippen molar-refractivity contribution in [2.24, 2.45) is 5.92 Å². The number of hydrogen-bond acceptors (Lipinski definition) is 3. The van der Waals surface area contributed by atoms with Gasteiger partial charge in [-0.25, -0.2) is 9.59 Å². The van der Waals surface area contributed by atoms with Crippen LogP contribution in [0.15, 0.2) is 0 Å². The van der Waals surface area contributed by atoms with E-state index >= 15 is 0 Å². The Morgan fingerprint density at radius 1 is 1.06 bits per heavy atom. The van der Waals surface area contributed by atoms with Crippen LogP contribution in [0, 0.1) is 5.92 Å². The quantitative estimate of drug-likeness (QED) is 0.426. The van der Waals surface area contributed by atoms with Crippen LogP contribution in [0.5, 0.6) is 0 Å². The summed E-state index contributed by atoms with van der Waals surface area (Å²) < 4.78 is 0. The van der Waals surface area contributed by atoms with E-state index in [9.17, 15) is 14.4 Å². The van der Waals surface area contributed by atoms with Crippen molar-refractivity contribution in [3.8, 4) is 0 Å². The van der Waals surface area contributed by atoms with Crippen LogP contribution in [0.4, 0.5) is 0 Å². The van der Waals surface area contributed by atoms with Crippen LogP contribution in [0.3, 0.4) is 0 Å². The minimum absolute atomic E-state index is 0. The van der Waals surface area contributed by atoms with E-state index in [1.165, 1.54) is 0 Å². The molecule has 6 nitrogen and oxygen atoms in total. The summed E-state index contributed by atoms with van der Waals surface area (Å²) in [6.45, 7) is 3.56. The Bertz CT molecular complexity index is 251. The normalized spacial score (nSPS) is 9.75. The van der Waals surface area contributed by atoms with Gasteiger partial charge in [0.05, 0.1) is 0 Å². The van der Waals surface area contributed by atoms with Gasteiger partial charge >= 0.3 is 41.5 Å². The summed E-state index contributed by atoms with van der Waals surface area (Å²) >= 11 is 0. The van der Waals surface area contributed by atoms with Crippen molar-refractivity contribution in [1.82, 2.24) is 5.32 Å². The zero-order chi connectivity index (χ0) is 12.0. The number of carbonyl (C=O) groups is 3. The second-order valence-corrected chi connectivity index (χ2v) is 3.13. The summed E-state index contributed by atoms with van der Waals surface area (Å²) in [5.74, 6) is -4.01. The van der Waals surface area contributed by atoms with Gasteiger partial charge in [-0.2, -0.15) is 0 Å². The molecule has 0 fully saturated rings. The zero-order valence-electron chi connectivity index (χ0n) is 8.69. The Labute approximate surface area is 116 Å². The molecule has 0 aromatic heterocycles. The fraction of sp³-hybridized carbons (Fsp3) is 0.667. The SMILES string of the molecule is CCC(CC)C(=O)NC(C(=O)O)C(=O)O.[NaH]. The molecule has 0 rings (SSSR count). The van der Waals surface area contributed by atoms with Crippen molar-refractivity contribution in [2.45, 2.75) is 32.7 Å². The van der Waals surface area contributed by atoms with E-state index < -0.39 is 23.9 Å². The molecule has 1 amide bonds. The predicted molar refractivity (Wildman–Crippen MR) is 58.4 cm³/mol. The number of amides is 1. The van der Waals surface area contributed by atoms with Crippen LogP contribution in [-0.4, -0.2) is 63.7 Å². The third-order valence-electron chi connectivity index (χ3n) is 2.14. The fourth-order valence-electron chi connectivity index (χ4n) is 1.15. The molecule has 16 heavy (non-hydrogen) atoms. The Hall–Kier alpha value is -0.590. The minimum atomic E-state index is -1.86. The third-order valence-corrected chi connectivity index (χ3v) is 2.14. The van der Waals surface area contributed by atoms with Crippen LogP contribution < -0.4 is 5.32 Å². The van der Waals surface area contributed by atoms with Gasteiger partial charge in [0.2, 0.25) is 11.9 Å². The van der Waals surface area contributed by atoms with Gasteiger partial charge < -0.3 is 15.5 Å². The standard InChI is InChI=1S/C9H15NO5.Na.H/c1-3-5(4-2)7(11)10-6(8(12)13)9(14)15;;/h5-6H,3-4H2,1-2H3,(H,10,11)(H,12,13)(H,14,15);;. The average Bonchev–Trinajstić information content (AvgIpc) is 2.15. The molecular formula is C9H16NNaO5. The Kier molecular flexibility index (Phi) is 9.51. The molecule has 88 valence electrons. The first kappa shape index (κ1) is 17.8.